The molecule has 1 atom stereocenters. The van der Waals surface area contributed by atoms with Crippen LogP contribution < -0.4 is 0 Å². The minimum atomic E-state index is -0.0404. The van der Waals surface area contributed by atoms with Crippen LogP contribution in [0.4, 0.5) is 0 Å². The summed E-state index contributed by atoms with van der Waals surface area (Å²) in [6, 6.07) is 9.89. The maximum absolute atomic E-state index is 11.7. The minimum Gasteiger partial charge on any atom is -0.396 e. The fraction of sp³-hybridized carbons (Fsp3) is 0.462. The Kier molecular flexibility index (Phi) is 4.12. The molecule has 1 fully saturated rings. The van der Waals surface area contributed by atoms with E-state index in [1.165, 1.54) is 0 Å². The summed E-state index contributed by atoms with van der Waals surface area (Å²) in [7, 11) is 0. The van der Waals surface area contributed by atoms with E-state index < -0.39 is 0 Å². The molecule has 1 unspecified atom stereocenters. The first-order valence-electron chi connectivity index (χ1n) is 5.84. The van der Waals surface area contributed by atoms with Gasteiger partial charge in [0, 0.05) is 19.7 Å². The molecule has 2 rings (SSSR count). The van der Waals surface area contributed by atoms with Crippen LogP contribution in [0.2, 0.25) is 0 Å². The molecule has 1 saturated heterocycles. The topological polar surface area (TPSA) is 49.8 Å². The van der Waals surface area contributed by atoms with Crippen LogP contribution in [0.3, 0.4) is 0 Å². The van der Waals surface area contributed by atoms with Gasteiger partial charge in [-0.15, -0.1) is 0 Å². The van der Waals surface area contributed by atoms with E-state index in [-0.39, 0.29) is 25.2 Å². The number of aliphatic hydroxyl groups is 1. The number of hydrogen-bond donors (Lipinski definition) is 1. The van der Waals surface area contributed by atoms with Crippen LogP contribution in [0, 0.1) is 0 Å². The number of amides is 1. The van der Waals surface area contributed by atoms with Crippen LogP contribution in [-0.2, 0) is 16.1 Å². The first kappa shape index (κ1) is 12.1. The molecule has 4 heteroatoms. The highest BCUT2D eigenvalue weighted by molar-refractivity contribution is 5.78. The molecular formula is C13H17NO3. The lowest BCUT2D eigenvalue weighted by Crippen LogP contribution is -2.46. The molecule has 1 aromatic rings. The molecule has 0 aromatic heterocycles. The van der Waals surface area contributed by atoms with E-state index in [0.717, 1.165) is 5.56 Å². The van der Waals surface area contributed by atoms with Crippen molar-refractivity contribution < 1.29 is 14.6 Å². The SMILES string of the molecule is O=C1COC(CCO)CN1Cc1ccccc1. The molecule has 0 spiro atoms. The lowest BCUT2D eigenvalue weighted by atomic mass is 10.1. The van der Waals surface area contributed by atoms with Crippen molar-refractivity contribution in [3.8, 4) is 0 Å². The van der Waals surface area contributed by atoms with Gasteiger partial charge in [0.2, 0.25) is 5.91 Å². The quantitative estimate of drug-likeness (QED) is 0.839. The summed E-state index contributed by atoms with van der Waals surface area (Å²) in [6.07, 6.45) is 0.542. The van der Waals surface area contributed by atoms with Crippen molar-refractivity contribution in [2.75, 3.05) is 19.8 Å². The van der Waals surface area contributed by atoms with E-state index in [2.05, 4.69) is 0 Å². The highest BCUT2D eigenvalue weighted by Gasteiger charge is 2.25. The summed E-state index contributed by atoms with van der Waals surface area (Å²) >= 11 is 0. The van der Waals surface area contributed by atoms with Crippen molar-refractivity contribution in [1.82, 2.24) is 4.90 Å². The van der Waals surface area contributed by atoms with E-state index in [1.54, 1.807) is 4.90 Å². The second-order valence-corrected chi connectivity index (χ2v) is 4.21. The summed E-state index contributed by atoms with van der Waals surface area (Å²) in [6.45, 7) is 1.40. The number of carbonyl (C=O) groups is 1. The van der Waals surface area contributed by atoms with Gasteiger partial charge in [-0.3, -0.25) is 4.79 Å². The monoisotopic (exact) mass is 235 g/mol. The number of nitrogens with zero attached hydrogens (tertiary/aromatic N) is 1. The fourth-order valence-corrected chi connectivity index (χ4v) is 1.96. The number of rotatable bonds is 4. The lowest BCUT2D eigenvalue weighted by molar-refractivity contribution is -0.150. The Balaban J connectivity index is 1.96. The van der Waals surface area contributed by atoms with Crippen LogP contribution in [0.15, 0.2) is 30.3 Å². The van der Waals surface area contributed by atoms with Crippen molar-refractivity contribution in [3.05, 3.63) is 35.9 Å². The Hall–Kier alpha value is -1.39. The van der Waals surface area contributed by atoms with Crippen LogP contribution in [0.5, 0.6) is 0 Å². The number of carbonyl (C=O) groups excluding carboxylic acids is 1. The predicted molar refractivity (Wildman–Crippen MR) is 63.3 cm³/mol. The number of hydrogen-bond acceptors (Lipinski definition) is 3. The first-order valence-corrected chi connectivity index (χ1v) is 5.84. The summed E-state index contributed by atoms with van der Waals surface area (Å²) in [5.41, 5.74) is 1.12. The van der Waals surface area contributed by atoms with Gasteiger partial charge in [0.25, 0.3) is 0 Å². The molecule has 1 aliphatic rings. The van der Waals surface area contributed by atoms with Crippen LogP contribution in [0.1, 0.15) is 12.0 Å². The van der Waals surface area contributed by atoms with Gasteiger partial charge < -0.3 is 14.7 Å². The van der Waals surface area contributed by atoms with Crippen molar-refractivity contribution in [2.24, 2.45) is 0 Å². The Morgan fingerprint density at radius 1 is 1.35 bits per heavy atom. The molecule has 1 aromatic carbocycles. The standard InChI is InChI=1S/C13H17NO3/c15-7-6-12-9-14(13(16)10-17-12)8-11-4-2-1-3-5-11/h1-5,12,15H,6-10H2. The number of morpholine rings is 1. The zero-order valence-electron chi connectivity index (χ0n) is 9.71. The molecule has 0 saturated carbocycles. The molecule has 17 heavy (non-hydrogen) atoms. The molecule has 1 N–H and O–H groups in total. The van der Waals surface area contributed by atoms with E-state index >= 15 is 0 Å². The minimum absolute atomic E-state index is 0.0167. The molecule has 1 amide bonds. The van der Waals surface area contributed by atoms with E-state index in [9.17, 15) is 4.79 Å². The Bertz CT molecular complexity index is 366. The molecule has 0 bridgehead atoms. The van der Waals surface area contributed by atoms with E-state index in [1.807, 2.05) is 30.3 Å². The Morgan fingerprint density at radius 3 is 2.82 bits per heavy atom. The van der Waals surface area contributed by atoms with Gasteiger partial charge in [-0.1, -0.05) is 30.3 Å². The fourth-order valence-electron chi connectivity index (χ4n) is 1.96. The van der Waals surface area contributed by atoms with Crippen molar-refractivity contribution in [2.45, 2.75) is 19.1 Å². The third kappa shape index (κ3) is 3.28. The molecule has 0 aliphatic carbocycles. The molecule has 1 aliphatic heterocycles. The molecule has 4 nitrogen and oxygen atoms in total. The third-order valence-electron chi connectivity index (χ3n) is 2.89. The second-order valence-electron chi connectivity index (χ2n) is 4.21. The third-order valence-corrected chi connectivity index (χ3v) is 2.89. The van der Waals surface area contributed by atoms with Gasteiger partial charge >= 0.3 is 0 Å². The summed E-state index contributed by atoms with van der Waals surface area (Å²) < 4.78 is 5.35. The normalized spacial score (nSPS) is 20.6. The highest BCUT2D eigenvalue weighted by atomic mass is 16.5. The smallest absolute Gasteiger partial charge is 0.248 e. The van der Waals surface area contributed by atoms with Crippen LogP contribution >= 0.6 is 0 Å². The molecule has 1 heterocycles. The van der Waals surface area contributed by atoms with Gasteiger partial charge in [-0.2, -0.15) is 0 Å². The van der Waals surface area contributed by atoms with Gasteiger partial charge in [-0.05, 0) is 12.0 Å². The van der Waals surface area contributed by atoms with E-state index in [4.69, 9.17) is 9.84 Å². The van der Waals surface area contributed by atoms with Crippen molar-refractivity contribution in [1.29, 1.82) is 0 Å². The zero-order chi connectivity index (χ0) is 12.1. The number of ether oxygens (including phenoxy) is 1. The average Bonchev–Trinajstić information content (AvgIpc) is 2.35. The maximum atomic E-state index is 11.7. The second kappa shape index (κ2) is 5.80. The lowest BCUT2D eigenvalue weighted by Gasteiger charge is -2.32. The summed E-state index contributed by atoms with van der Waals surface area (Å²) in [4.78, 5) is 13.5. The molecule has 92 valence electrons. The zero-order valence-corrected chi connectivity index (χ0v) is 9.71. The number of benzene rings is 1. The highest BCUT2D eigenvalue weighted by Crippen LogP contribution is 2.13. The van der Waals surface area contributed by atoms with Crippen molar-refractivity contribution in [3.63, 3.8) is 0 Å². The molecule has 0 radical (unpaired) electrons. The maximum Gasteiger partial charge on any atom is 0.248 e. The Morgan fingerprint density at radius 2 is 2.12 bits per heavy atom. The van der Waals surface area contributed by atoms with Gasteiger partial charge in [0.05, 0.1) is 6.10 Å². The Labute approximate surface area is 101 Å². The summed E-state index contributed by atoms with van der Waals surface area (Å²) in [5.74, 6) is 0.0167. The van der Waals surface area contributed by atoms with Crippen molar-refractivity contribution >= 4 is 5.91 Å². The largest absolute Gasteiger partial charge is 0.396 e. The van der Waals surface area contributed by atoms with E-state index in [0.29, 0.717) is 19.5 Å². The average molecular weight is 235 g/mol. The molecular weight excluding hydrogens is 218 g/mol. The summed E-state index contributed by atoms with van der Waals surface area (Å²) in [5, 5.41) is 8.88. The van der Waals surface area contributed by atoms with Crippen LogP contribution in [-0.4, -0.2) is 41.8 Å². The van der Waals surface area contributed by atoms with Gasteiger partial charge in [0.15, 0.2) is 0 Å². The number of aliphatic hydroxyl groups excluding tert-OH is 1. The van der Waals surface area contributed by atoms with Gasteiger partial charge in [-0.25, -0.2) is 0 Å². The van der Waals surface area contributed by atoms with Gasteiger partial charge in [0.1, 0.15) is 6.61 Å². The van der Waals surface area contributed by atoms with Crippen LogP contribution in [0.25, 0.3) is 0 Å². The first-order chi connectivity index (χ1) is 8.29. The predicted octanol–water partition coefficient (Wildman–Crippen LogP) is 0.796.